The predicted molar refractivity (Wildman–Crippen MR) is 65.0 cm³/mol. The molecule has 0 saturated carbocycles. The number of hydrazine groups is 1. The summed E-state index contributed by atoms with van der Waals surface area (Å²) in [5, 5.41) is 13.4. The SMILES string of the molecule is CC(CO)Sc1nc(NN)nc(-n2cncn2)n1. The van der Waals surface area contributed by atoms with Crippen LogP contribution in [0.4, 0.5) is 5.95 Å². The highest BCUT2D eigenvalue weighted by Gasteiger charge is 2.11. The van der Waals surface area contributed by atoms with Crippen molar-refractivity contribution in [1.29, 1.82) is 0 Å². The summed E-state index contributed by atoms with van der Waals surface area (Å²) in [5.74, 6) is 5.83. The quantitative estimate of drug-likeness (QED) is 0.363. The van der Waals surface area contributed by atoms with Crippen LogP contribution >= 0.6 is 11.8 Å². The Kier molecular flexibility index (Phi) is 4.02. The van der Waals surface area contributed by atoms with Gasteiger partial charge in [0.25, 0.3) is 5.95 Å². The molecule has 0 amide bonds. The van der Waals surface area contributed by atoms with Gasteiger partial charge in [0.2, 0.25) is 5.95 Å². The molecule has 4 N–H and O–H groups in total. The van der Waals surface area contributed by atoms with E-state index in [1.165, 1.54) is 29.1 Å². The Morgan fingerprint density at radius 3 is 2.94 bits per heavy atom. The fourth-order valence-corrected chi connectivity index (χ4v) is 1.80. The molecular formula is C8H12N8OS. The van der Waals surface area contributed by atoms with Gasteiger partial charge in [-0.2, -0.15) is 24.7 Å². The molecule has 1 atom stereocenters. The average Bonchev–Trinajstić information content (AvgIpc) is 2.92. The highest BCUT2D eigenvalue weighted by molar-refractivity contribution is 7.99. The van der Waals surface area contributed by atoms with Gasteiger partial charge in [-0.3, -0.25) is 5.43 Å². The molecule has 0 aliphatic heterocycles. The van der Waals surface area contributed by atoms with Crippen LogP contribution in [0.15, 0.2) is 17.8 Å². The monoisotopic (exact) mass is 268 g/mol. The largest absolute Gasteiger partial charge is 0.395 e. The van der Waals surface area contributed by atoms with E-state index in [0.717, 1.165) is 0 Å². The maximum Gasteiger partial charge on any atom is 0.257 e. The van der Waals surface area contributed by atoms with Crippen molar-refractivity contribution in [2.24, 2.45) is 5.84 Å². The van der Waals surface area contributed by atoms with E-state index >= 15 is 0 Å². The number of anilines is 1. The summed E-state index contributed by atoms with van der Waals surface area (Å²) in [6.07, 6.45) is 2.85. The second-order valence-electron chi connectivity index (χ2n) is 3.34. The van der Waals surface area contributed by atoms with Crippen LogP contribution in [0, 0.1) is 0 Å². The number of aliphatic hydroxyl groups is 1. The van der Waals surface area contributed by atoms with Gasteiger partial charge in [-0.15, -0.1) is 0 Å². The van der Waals surface area contributed by atoms with E-state index in [1.54, 1.807) is 0 Å². The number of nitrogens with one attached hydrogen (secondary N) is 1. The molecule has 0 bridgehead atoms. The first-order valence-electron chi connectivity index (χ1n) is 5.08. The Balaban J connectivity index is 2.33. The van der Waals surface area contributed by atoms with Crippen molar-refractivity contribution in [3.05, 3.63) is 12.7 Å². The van der Waals surface area contributed by atoms with Crippen LogP contribution in [0.3, 0.4) is 0 Å². The maximum atomic E-state index is 9.02. The van der Waals surface area contributed by atoms with E-state index < -0.39 is 0 Å². The summed E-state index contributed by atoms with van der Waals surface area (Å²) in [6.45, 7) is 1.89. The molecule has 0 radical (unpaired) electrons. The number of nitrogen functional groups attached to an aromatic ring is 1. The van der Waals surface area contributed by atoms with Crippen molar-refractivity contribution in [2.45, 2.75) is 17.3 Å². The van der Waals surface area contributed by atoms with Crippen LogP contribution in [0.5, 0.6) is 0 Å². The molecule has 0 fully saturated rings. The number of hydrogen-bond acceptors (Lipinski definition) is 9. The van der Waals surface area contributed by atoms with Crippen molar-refractivity contribution in [2.75, 3.05) is 12.0 Å². The van der Waals surface area contributed by atoms with Gasteiger partial charge in [0.15, 0.2) is 5.16 Å². The first-order chi connectivity index (χ1) is 8.72. The Labute approximate surface area is 107 Å². The minimum atomic E-state index is -0.0263. The summed E-state index contributed by atoms with van der Waals surface area (Å²) in [6, 6.07) is 0. The molecule has 2 rings (SSSR count). The summed E-state index contributed by atoms with van der Waals surface area (Å²) in [7, 11) is 0. The summed E-state index contributed by atoms with van der Waals surface area (Å²) in [5.41, 5.74) is 2.36. The van der Waals surface area contributed by atoms with Crippen LogP contribution in [0.1, 0.15) is 6.92 Å². The Morgan fingerprint density at radius 2 is 2.33 bits per heavy atom. The zero-order valence-corrected chi connectivity index (χ0v) is 10.4. The second kappa shape index (κ2) is 5.71. The van der Waals surface area contributed by atoms with E-state index in [1.807, 2.05) is 6.92 Å². The van der Waals surface area contributed by atoms with Crippen LogP contribution in [0.25, 0.3) is 5.95 Å². The molecule has 1 unspecified atom stereocenters. The zero-order valence-electron chi connectivity index (χ0n) is 9.56. The van der Waals surface area contributed by atoms with E-state index in [-0.39, 0.29) is 17.8 Å². The second-order valence-corrected chi connectivity index (χ2v) is 4.74. The molecule has 0 aromatic carbocycles. The Hall–Kier alpha value is -1.78. The summed E-state index contributed by atoms with van der Waals surface area (Å²) in [4.78, 5) is 16.2. The van der Waals surface area contributed by atoms with E-state index in [4.69, 9.17) is 10.9 Å². The molecule has 0 aliphatic rings. The molecule has 10 heteroatoms. The molecule has 18 heavy (non-hydrogen) atoms. The third kappa shape index (κ3) is 2.91. The molecule has 0 saturated heterocycles. The number of thioether (sulfide) groups is 1. The normalized spacial score (nSPS) is 12.4. The van der Waals surface area contributed by atoms with Crippen molar-refractivity contribution in [3.8, 4) is 5.95 Å². The van der Waals surface area contributed by atoms with E-state index in [2.05, 4.69) is 30.5 Å². The van der Waals surface area contributed by atoms with Crippen molar-refractivity contribution < 1.29 is 5.11 Å². The maximum absolute atomic E-state index is 9.02. The van der Waals surface area contributed by atoms with Gasteiger partial charge in [0, 0.05) is 5.25 Å². The minimum absolute atomic E-state index is 0.0263. The number of aromatic nitrogens is 6. The van der Waals surface area contributed by atoms with Crippen molar-refractivity contribution in [3.63, 3.8) is 0 Å². The van der Waals surface area contributed by atoms with Gasteiger partial charge >= 0.3 is 0 Å². The van der Waals surface area contributed by atoms with Gasteiger partial charge < -0.3 is 5.11 Å². The molecule has 96 valence electrons. The number of aliphatic hydroxyl groups excluding tert-OH is 1. The lowest BCUT2D eigenvalue weighted by molar-refractivity contribution is 0.300. The van der Waals surface area contributed by atoms with Crippen LogP contribution in [-0.4, -0.2) is 46.7 Å². The van der Waals surface area contributed by atoms with Gasteiger partial charge in [-0.25, -0.2) is 10.8 Å². The smallest absolute Gasteiger partial charge is 0.257 e. The fraction of sp³-hybridized carbons (Fsp3) is 0.375. The molecular weight excluding hydrogens is 256 g/mol. The highest BCUT2D eigenvalue weighted by Crippen LogP contribution is 2.20. The third-order valence-corrected chi connectivity index (χ3v) is 2.86. The average molecular weight is 268 g/mol. The number of nitrogens with zero attached hydrogens (tertiary/aromatic N) is 6. The van der Waals surface area contributed by atoms with Crippen LogP contribution < -0.4 is 11.3 Å². The molecule has 2 aromatic rings. The van der Waals surface area contributed by atoms with Gasteiger partial charge in [-0.1, -0.05) is 18.7 Å². The lowest BCUT2D eigenvalue weighted by Crippen LogP contribution is -2.15. The third-order valence-electron chi connectivity index (χ3n) is 1.92. The fourth-order valence-electron chi connectivity index (χ4n) is 1.09. The number of nitrogens with two attached hydrogens (primary N) is 1. The standard InChI is InChI=1S/C8H12N8OS/c1-5(2-17)18-8-13-6(15-9)12-7(14-8)16-4-10-3-11-16/h3-5,17H,2,9H2,1H3,(H,12,13,14,15). The Bertz CT molecular complexity index is 504. The van der Waals surface area contributed by atoms with Crippen molar-refractivity contribution in [1.82, 2.24) is 29.7 Å². The van der Waals surface area contributed by atoms with Crippen LogP contribution in [0.2, 0.25) is 0 Å². The lowest BCUT2D eigenvalue weighted by Gasteiger charge is -2.08. The van der Waals surface area contributed by atoms with Crippen molar-refractivity contribution >= 4 is 17.7 Å². The number of hydrogen-bond donors (Lipinski definition) is 3. The zero-order chi connectivity index (χ0) is 13.0. The van der Waals surface area contributed by atoms with Gasteiger partial charge in [-0.05, 0) is 0 Å². The first kappa shape index (κ1) is 12.7. The Morgan fingerprint density at radius 1 is 1.50 bits per heavy atom. The van der Waals surface area contributed by atoms with E-state index in [0.29, 0.717) is 11.1 Å². The lowest BCUT2D eigenvalue weighted by atomic mass is 10.5. The van der Waals surface area contributed by atoms with E-state index in [9.17, 15) is 0 Å². The van der Waals surface area contributed by atoms with Crippen LogP contribution in [-0.2, 0) is 0 Å². The van der Waals surface area contributed by atoms with Gasteiger partial charge in [0.1, 0.15) is 12.7 Å². The summed E-state index contributed by atoms with van der Waals surface area (Å²) >= 11 is 1.32. The molecule has 2 heterocycles. The molecule has 9 nitrogen and oxygen atoms in total. The number of rotatable bonds is 5. The first-order valence-corrected chi connectivity index (χ1v) is 5.96. The van der Waals surface area contributed by atoms with Gasteiger partial charge in [0.05, 0.1) is 6.61 Å². The minimum Gasteiger partial charge on any atom is -0.395 e. The molecule has 0 aliphatic carbocycles. The predicted octanol–water partition coefficient (Wildman–Crippen LogP) is -0.789. The topological polar surface area (TPSA) is 128 Å². The molecule has 0 spiro atoms. The molecule has 2 aromatic heterocycles. The highest BCUT2D eigenvalue weighted by atomic mass is 32.2. The summed E-state index contributed by atoms with van der Waals surface area (Å²) < 4.78 is 1.40.